The van der Waals surface area contributed by atoms with Crippen molar-refractivity contribution < 1.29 is 18.0 Å². The number of rotatable bonds is 4. The lowest BCUT2D eigenvalue weighted by Gasteiger charge is -2.32. The fraction of sp³-hybridized carbons (Fsp3) is 0.500. The molecule has 1 saturated heterocycles. The van der Waals surface area contributed by atoms with Crippen molar-refractivity contribution in [1.29, 1.82) is 0 Å². The number of fused-ring (bicyclic) bond motifs is 1. The largest absolute Gasteiger partial charge is 0.355 e. The van der Waals surface area contributed by atoms with E-state index in [0.717, 1.165) is 0 Å². The molecule has 0 radical (unpaired) electrons. The van der Waals surface area contributed by atoms with Gasteiger partial charge in [-0.05, 0) is 38.8 Å². The first-order valence-electron chi connectivity index (χ1n) is 9.04. The molecule has 2 heterocycles. The van der Waals surface area contributed by atoms with Crippen molar-refractivity contribution in [3.05, 3.63) is 29.8 Å². The summed E-state index contributed by atoms with van der Waals surface area (Å²) >= 11 is 0. The summed E-state index contributed by atoms with van der Waals surface area (Å²) in [6, 6.07) is 6.82. The summed E-state index contributed by atoms with van der Waals surface area (Å²) in [4.78, 5) is 26.1. The second-order valence-corrected chi connectivity index (χ2v) is 8.66. The van der Waals surface area contributed by atoms with Crippen LogP contribution >= 0.6 is 0 Å². The van der Waals surface area contributed by atoms with Gasteiger partial charge in [-0.3, -0.25) is 9.59 Å². The molecule has 0 saturated carbocycles. The van der Waals surface area contributed by atoms with E-state index in [9.17, 15) is 18.0 Å². The number of likely N-dealkylation sites (tertiary alicyclic amines) is 1. The number of amides is 2. The lowest BCUT2D eigenvalue weighted by Crippen LogP contribution is -2.45. The molecule has 0 atom stereocenters. The van der Waals surface area contributed by atoms with Crippen LogP contribution in [-0.4, -0.2) is 56.6 Å². The van der Waals surface area contributed by atoms with Gasteiger partial charge in [-0.1, -0.05) is 12.1 Å². The Balaban J connectivity index is 1.57. The normalized spacial score (nSPS) is 18.8. The first-order valence-corrected chi connectivity index (χ1v) is 10.5. The second-order valence-electron chi connectivity index (χ2n) is 7.09. The highest BCUT2D eigenvalue weighted by Gasteiger charge is 2.34. The zero-order chi connectivity index (χ0) is 19.6. The molecule has 1 fully saturated rings. The van der Waals surface area contributed by atoms with Crippen molar-refractivity contribution in [3.8, 4) is 0 Å². The number of hydrogen-bond donors (Lipinski definition) is 2. The molecule has 9 heteroatoms. The molecular formula is C18H24N4O4S. The lowest BCUT2D eigenvalue weighted by atomic mass is 9.95. The van der Waals surface area contributed by atoms with Gasteiger partial charge in [0, 0.05) is 30.6 Å². The number of benzene rings is 1. The molecule has 0 spiro atoms. The number of amidine groups is 1. The van der Waals surface area contributed by atoms with Crippen LogP contribution in [0.3, 0.4) is 0 Å². The minimum absolute atomic E-state index is 0.0315. The number of hydrogen-bond acceptors (Lipinski definition) is 5. The standard InChI is InChI=1S/C18H24N4O4S/c1-12(2)20-16(23)11-19-18(24)13-7-9-22(10-8-13)17-14-5-3-4-6-15(14)27(25,26)21-17/h3-6,12-13H,7-11H2,1-2H3,(H,19,24)(H,20,23). The topological polar surface area (TPSA) is 108 Å². The molecule has 2 aliphatic rings. The van der Waals surface area contributed by atoms with E-state index in [1.807, 2.05) is 18.7 Å². The van der Waals surface area contributed by atoms with E-state index >= 15 is 0 Å². The quantitative estimate of drug-likeness (QED) is 0.775. The first-order chi connectivity index (χ1) is 12.8. The smallest absolute Gasteiger partial charge is 0.285 e. The maximum Gasteiger partial charge on any atom is 0.285 e. The summed E-state index contributed by atoms with van der Waals surface area (Å²) in [7, 11) is -3.64. The predicted molar refractivity (Wildman–Crippen MR) is 101 cm³/mol. The summed E-state index contributed by atoms with van der Waals surface area (Å²) in [5.41, 5.74) is 0.616. The molecule has 0 unspecified atom stereocenters. The molecule has 0 bridgehead atoms. The summed E-state index contributed by atoms with van der Waals surface area (Å²) < 4.78 is 28.3. The summed E-state index contributed by atoms with van der Waals surface area (Å²) in [6.07, 6.45) is 1.16. The Kier molecular flexibility index (Phi) is 5.50. The van der Waals surface area contributed by atoms with Crippen LogP contribution < -0.4 is 10.6 Å². The van der Waals surface area contributed by atoms with Gasteiger partial charge in [-0.15, -0.1) is 4.40 Å². The van der Waals surface area contributed by atoms with E-state index in [2.05, 4.69) is 15.0 Å². The summed E-state index contributed by atoms with van der Waals surface area (Å²) in [5.74, 6) is -0.0874. The maximum atomic E-state index is 12.3. The van der Waals surface area contributed by atoms with Crippen LogP contribution in [0.5, 0.6) is 0 Å². The van der Waals surface area contributed by atoms with E-state index in [-0.39, 0.29) is 35.2 Å². The Labute approximate surface area is 159 Å². The van der Waals surface area contributed by atoms with Crippen molar-refractivity contribution in [1.82, 2.24) is 15.5 Å². The van der Waals surface area contributed by atoms with Crippen LogP contribution in [-0.2, 0) is 19.6 Å². The molecule has 0 aliphatic carbocycles. The average molecular weight is 392 g/mol. The number of sulfonamides is 1. The maximum absolute atomic E-state index is 12.3. The van der Waals surface area contributed by atoms with Gasteiger partial charge in [0.05, 0.1) is 6.54 Å². The van der Waals surface area contributed by atoms with Gasteiger partial charge in [-0.25, -0.2) is 0 Å². The lowest BCUT2D eigenvalue weighted by molar-refractivity contribution is -0.129. The molecule has 2 N–H and O–H groups in total. The van der Waals surface area contributed by atoms with Crippen LogP contribution in [0.4, 0.5) is 0 Å². The highest BCUT2D eigenvalue weighted by atomic mass is 32.2. The predicted octanol–water partition coefficient (Wildman–Crippen LogP) is 0.488. The highest BCUT2D eigenvalue weighted by molar-refractivity contribution is 7.90. The third-order valence-electron chi connectivity index (χ3n) is 4.65. The Morgan fingerprint density at radius 2 is 1.89 bits per heavy atom. The number of carbonyl (C=O) groups excluding carboxylic acids is 2. The SMILES string of the molecule is CC(C)NC(=O)CNC(=O)C1CCN(C2=NS(=O)(=O)c3ccccc32)CC1. The minimum atomic E-state index is -3.64. The first kappa shape index (κ1) is 19.3. The Morgan fingerprint density at radius 1 is 1.22 bits per heavy atom. The van der Waals surface area contributed by atoms with E-state index < -0.39 is 10.0 Å². The third kappa shape index (κ3) is 4.29. The van der Waals surface area contributed by atoms with Crippen molar-refractivity contribution in [3.63, 3.8) is 0 Å². The fourth-order valence-corrected chi connectivity index (χ4v) is 4.58. The minimum Gasteiger partial charge on any atom is -0.355 e. The van der Waals surface area contributed by atoms with Crippen LogP contribution in [0.15, 0.2) is 33.6 Å². The van der Waals surface area contributed by atoms with Crippen LogP contribution in [0.1, 0.15) is 32.3 Å². The van der Waals surface area contributed by atoms with Gasteiger partial charge in [-0.2, -0.15) is 8.42 Å². The monoisotopic (exact) mass is 392 g/mol. The molecule has 0 aromatic heterocycles. The average Bonchev–Trinajstić information content (AvgIpc) is 2.91. The molecule has 8 nitrogen and oxygen atoms in total. The number of nitrogens with one attached hydrogen (secondary N) is 2. The van der Waals surface area contributed by atoms with Gasteiger partial charge in [0.2, 0.25) is 11.8 Å². The molecule has 146 valence electrons. The third-order valence-corrected chi connectivity index (χ3v) is 5.98. The van der Waals surface area contributed by atoms with Crippen molar-refractivity contribution in [2.75, 3.05) is 19.6 Å². The molecule has 2 amide bonds. The summed E-state index contributed by atoms with van der Waals surface area (Å²) in [5, 5.41) is 5.40. The van der Waals surface area contributed by atoms with Crippen LogP contribution in [0, 0.1) is 5.92 Å². The Hall–Kier alpha value is -2.42. The molecule has 2 aliphatic heterocycles. The number of carbonyl (C=O) groups is 2. The van der Waals surface area contributed by atoms with Gasteiger partial charge >= 0.3 is 0 Å². The van der Waals surface area contributed by atoms with Crippen molar-refractivity contribution in [2.24, 2.45) is 10.3 Å². The molecule has 1 aromatic rings. The van der Waals surface area contributed by atoms with E-state index in [1.54, 1.807) is 24.3 Å². The Morgan fingerprint density at radius 3 is 2.56 bits per heavy atom. The van der Waals surface area contributed by atoms with Crippen molar-refractivity contribution in [2.45, 2.75) is 37.6 Å². The van der Waals surface area contributed by atoms with E-state index in [4.69, 9.17) is 0 Å². The number of nitrogens with zero attached hydrogens (tertiary/aromatic N) is 2. The summed E-state index contributed by atoms with van der Waals surface area (Å²) in [6.45, 7) is 4.77. The molecule has 27 heavy (non-hydrogen) atoms. The van der Waals surface area contributed by atoms with Gasteiger partial charge in [0.15, 0.2) is 5.84 Å². The van der Waals surface area contributed by atoms with Crippen LogP contribution in [0.2, 0.25) is 0 Å². The number of piperidine rings is 1. The molecule has 3 rings (SSSR count). The zero-order valence-electron chi connectivity index (χ0n) is 15.4. The highest BCUT2D eigenvalue weighted by Crippen LogP contribution is 2.29. The zero-order valence-corrected chi connectivity index (χ0v) is 16.3. The van der Waals surface area contributed by atoms with Crippen molar-refractivity contribution >= 4 is 27.7 Å². The second kappa shape index (κ2) is 7.67. The fourth-order valence-electron chi connectivity index (χ4n) is 3.35. The van der Waals surface area contributed by atoms with Crippen LogP contribution in [0.25, 0.3) is 0 Å². The van der Waals surface area contributed by atoms with E-state index in [1.165, 1.54) is 0 Å². The molecular weight excluding hydrogens is 368 g/mol. The molecule has 1 aromatic carbocycles. The van der Waals surface area contributed by atoms with Gasteiger partial charge in [0.25, 0.3) is 10.0 Å². The van der Waals surface area contributed by atoms with E-state index in [0.29, 0.717) is 37.3 Å². The Bertz CT molecular complexity index is 871. The van der Waals surface area contributed by atoms with Gasteiger partial charge in [0.1, 0.15) is 4.90 Å². The van der Waals surface area contributed by atoms with Gasteiger partial charge < -0.3 is 15.5 Å².